The molecule has 6 heteroatoms. The first kappa shape index (κ1) is 13.9. The number of nitrogens with zero attached hydrogens (tertiary/aromatic N) is 4. The number of imidazole rings is 1. The Balaban J connectivity index is 2.09. The molecule has 2 atom stereocenters. The van der Waals surface area contributed by atoms with Crippen LogP contribution in [0.15, 0.2) is 0 Å². The largest absolute Gasteiger partial charge is 0.381 e. The summed E-state index contributed by atoms with van der Waals surface area (Å²) in [5.74, 6) is 1.67. The molecule has 0 N–H and O–H groups in total. The molecule has 0 saturated heterocycles. The molecular formula is C14H21ClN4O. The lowest BCUT2D eigenvalue weighted by molar-refractivity contribution is 0.106. The van der Waals surface area contributed by atoms with Crippen LogP contribution in [0.1, 0.15) is 36.8 Å². The average Bonchev–Trinajstić information content (AvgIpc) is 3.07. The molecule has 2 heterocycles. The number of aryl methyl sites for hydroxylation is 3. The highest BCUT2D eigenvalue weighted by Gasteiger charge is 2.30. The highest BCUT2D eigenvalue weighted by atomic mass is 35.5. The second kappa shape index (κ2) is 5.37. The van der Waals surface area contributed by atoms with E-state index in [1.165, 1.54) is 0 Å². The molecule has 2 aromatic rings. The highest BCUT2D eigenvalue weighted by molar-refractivity contribution is 6.17. The predicted octanol–water partition coefficient (Wildman–Crippen LogP) is 2.60. The molecule has 1 fully saturated rings. The molecule has 0 spiro atoms. The summed E-state index contributed by atoms with van der Waals surface area (Å²) in [7, 11) is 3.78. The Morgan fingerprint density at radius 3 is 2.85 bits per heavy atom. The Labute approximate surface area is 123 Å². The number of rotatable bonds is 4. The van der Waals surface area contributed by atoms with E-state index in [9.17, 15) is 0 Å². The first-order valence-corrected chi connectivity index (χ1v) is 7.68. The summed E-state index contributed by atoms with van der Waals surface area (Å²) in [6.07, 6.45) is 4.43. The molecule has 0 radical (unpaired) electrons. The van der Waals surface area contributed by atoms with E-state index in [1.54, 1.807) is 7.11 Å². The SMILES string of the molecule is COC1CCC(n2c(CCCl)nc3c(C)nn(C)c32)C1. The molecule has 5 nitrogen and oxygen atoms in total. The van der Waals surface area contributed by atoms with E-state index < -0.39 is 0 Å². The molecule has 0 aromatic carbocycles. The molecule has 1 saturated carbocycles. The van der Waals surface area contributed by atoms with Crippen molar-refractivity contribution in [3.63, 3.8) is 0 Å². The minimum atomic E-state index is 0.357. The summed E-state index contributed by atoms with van der Waals surface area (Å²) >= 11 is 5.94. The maximum atomic E-state index is 5.94. The third kappa shape index (κ3) is 2.13. The molecule has 0 amide bonds. The van der Waals surface area contributed by atoms with Crippen molar-refractivity contribution in [3.05, 3.63) is 11.5 Å². The van der Waals surface area contributed by atoms with Crippen molar-refractivity contribution in [1.82, 2.24) is 19.3 Å². The van der Waals surface area contributed by atoms with Gasteiger partial charge in [0.05, 0.1) is 11.8 Å². The van der Waals surface area contributed by atoms with E-state index in [4.69, 9.17) is 21.3 Å². The van der Waals surface area contributed by atoms with Gasteiger partial charge in [0.2, 0.25) is 0 Å². The number of methoxy groups -OCH3 is 1. The molecule has 110 valence electrons. The van der Waals surface area contributed by atoms with Gasteiger partial charge in [0.25, 0.3) is 0 Å². The van der Waals surface area contributed by atoms with Crippen molar-refractivity contribution >= 4 is 22.8 Å². The molecule has 1 aliphatic rings. The lowest BCUT2D eigenvalue weighted by Crippen LogP contribution is -2.14. The fourth-order valence-corrected chi connectivity index (χ4v) is 3.52. The van der Waals surface area contributed by atoms with Gasteiger partial charge in [0.15, 0.2) is 5.65 Å². The smallest absolute Gasteiger partial charge is 0.158 e. The van der Waals surface area contributed by atoms with Gasteiger partial charge in [-0.05, 0) is 26.2 Å². The fraction of sp³-hybridized carbons (Fsp3) is 0.714. The van der Waals surface area contributed by atoms with E-state index in [0.717, 1.165) is 48.4 Å². The van der Waals surface area contributed by atoms with Crippen LogP contribution in [0.4, 0.5) is 0 Å². The topological polar surface area (TPSA) is 44.9 Å². The van der Waals surface area contributed by atoms with Gasteiger partial charge in [-0.25, -0.2) is 4.98 Å². The minimum Gasteiger partial charge on any atom is -0.381 e. The Morgan fingerprint density at radius 1 is 1.40 bits per heavy atom. The maximum Gasteiger partial charge on any atom is 0.158 e. The second-order valence-electron chi connectivity index (χ2n) is 5.54. The van der Waals surface area contributed by atoms with Crippen LogP contribution in [0.5, 0.6) is 0 Å². The van der Waals surface area contributed by atoms with Gasteiger partial charge < -0.3 is 9.30 Å². The van der Waals surface area contributed by atoms with Crippen molar-refractivity contribution in [2.45, 2.75) is 44.8 Å². The molecule has 2 unspecified atom stereocenters. The van der Waals surface area contributed by atoms with Crippen LogP contribution in [-0.2, 0) is 18.2 Å². The third-order valence-electron chi connectivity index (χ3n) is 4.28. The number of fused-ring (bicyclic) bond motifs is 1. The Morgan fingerprint density at radius 2 is 2.20 bits per heavy atom. The van der Waals surface area contributed by atoms with E-state index in [-0.39, 0.29) is 0 Å². The Hall–Kier alpha value is -1.07. The van der Waals surface area contributed by atoms with Crippen molar-refractivity contribution in [2.24, 2.45) is 7.05 Å². The van der Waals surface area contributed by atoms with Crippen LogP contribution in [0.3, 0.4) is 0 Å². The highest BCUT2D eigenvalue weighted by Crippen LogP contribution is 2.35. The Bertz CT molecular complexity index is 618. The van der Waals surface area contributed by atoms with E-state index in [2.05, 4.69) is 9.67 Å². The summed E-state index contributed by atoms with van der Waals surface area (Å²) in [5.41, 5.74) is 3.11. The van der Waals surface area contributed by atoms with Crippen LogP contribution < -0.4 is 0 Å². The maximum absolute atomic E-state index is 5.94. The minimum absolute atomic E-state index is 0.357. The number of aromatic nitrogens is 4. The molecular weight excluding hydrogens is 276 g/mol. The van der Waals surface area contributed by atoms with Gasteiger partial charge in [-0.3, -0.25) is 4.68 Å². The van der Waals surface area contributed by atoms with Gasteiger partial charge in [-0.15, -0.1) is 11.6 Å². The van der Waals surface area contributed by atoms with Crippen LogP contribution in [-0.4, -0.2) is 38.4 Å². The predicted molar refractivity (Wildman–Crippen MR) is 79.3 cm³/mol. The van der Waals surface area contributed by atoms with E-state index in [1.807, 2.05) is 18.7 Å². The van der Waals surface area contributed by atoms with Gasteiger partial charge in [-0.1, -0.05) is 0 Å². The number of ether oxygens (including phenoxy) is 1. The van der Waals surface area contributed by atoms with Gasteiger partial charge in [0, 0.05) is 32.5 Å². The van der Waals surface area contributed by atoms with Gasteiger partial charge in [0.1, 0.15) is 11.3 Å². The lowest BCUT2D eigenvalue weighted by atomic mass is 10.2. The third-order valence-corrected chi connectivity index (χ3v) is 4.47. The van der Waals surface area contributed by atoms with Crippen LogP contribution in [0.25, 0.3) is 11.2 Å². The second-order valence-corrected chi connectivity index (χ2v) is 5.92. The van der Waals surface area contributed by atoms with Crippen molar-refractivity contribution in [2.75, 3.05) is 13.0 Å². The summed E-state index contributed by atoms with van der Waals surface area (Å²) in [4.78, 5) is 4.77. The normalized spacial score (nSPS) is 23.0. The summed E-state index contributed by atoms with van der Waals surface area (Å²) in [5, 5.41) is 4.49. The summed E-state index contributed by atoms with van der Waals surface area (Å²) < 4.78 is 9.79. The number of halogens is 1. The van der Waals surface area contributed by atoms with Crippen LogP contribution in [0.2, 0.25) is 0 Å². The monoisotopic (exact) mass is 296 g/mol. The molecule has 0 bridgehead atoms. The van der Waals surface area contributed by atoms with E-state index in [0.29, 0.717) is 18.0 Å². The number of hydrogen-bond acceptors (Lipinski definition) is 3. The number of alkyl halides is 1. The summed E-state index contributed by atoms with van der Waals surface area (Å²) in [6.45, 7) is 2.01. The number of hydrogen-bond donors (Lipinski definition) is 0. The molecule has 0 aliphatic heterocycles. The zero-order chi connectivity index (χ0) is 14.3. The standard InChI is InChI=1S/C14H21ClN4O/c1-9-13-14(18(2)17-9)19(12(16-13)6-7-15)10-4-5-11(8-10)20-3/h10-11H,4-8H2,1-3H3. The molecule has 20 heavy (non-hydrogen) atoms. The average molecular weight is 297 g/mol. The van der Waals surface area contributed by atoms with Crippen LogP contribution in [0, 0.1) is 6.92 Å². The molecule has 2 aromatic heterocycles. The van der Waals surface area contributed by atoms with Gasteiger partial charge in [-0.2, -0.15) is 5.10 Å². The van der Waals surface area contributed by atoms with Crippen molar-refractivity contribution < 1.29 is 4.74 Å². The Kier molecular flexibility index (Phi) is 3.73. The molecule has 3 rings (SSSR count). The quantitative estimate of drug-likeness (QED) is 0.815. The zero-order valence-corrected chi connectivity index (χ0v) is 13.0. The molecule has 1 aliphatic carbocycles. The fourth-order valence-electron chi connectivity index (χ4n) is 3.35. The van der Waals surface area contributed by atoms with E-state index >= 15 is 0 Å². The van der Waals surface area contributed by atoms with Crippen LogP contribution >= 0.6 is 11.6 Å². The summed E-state index contributed by atoms with van der Waals surface area (Å²) in [6, 6.07) is 0.443. The van der Waals surface area contributed by atoms with Crippen molar-refractivity contribution in [3.8, 4) is 0 Å². The van der Waals surface area contributed by atoms with Crippen molar-refractivity contribution in [1.29, 1.82) is 0 Å². The zero-order valence-electron chi connectivity index (χ0n) is 12.3. The first-order chi connectivity index (χ1) is 9.65. The van der Waals surface area contributed by atoms with Gasteiger partial charge >= 0.3 is 0 Å². The first-order valence-electron chi connectivity index (χ1n) is 7.14. The lowest BCUT2D eigenvalue weighted by Gasteiger charge is -2.16.